The van der Waals surface area contributed by atoms with Crippen molar-refractivity contribution in [2.24, 2.45) is 0 Å². The van der Waals surface area contributed by atoms with E-state index in [2.05, 4.69) is 20.6 Å². The van der Waals surface area contributed by atoms with E-state index in [1.165, 1.54) is 14.2 Å². The lowest BCUT2D eigenvalue weighted by Crippen LogP contribution is -2.52. The van der Waals surface area contributed by atoms with E-state index in [-0.39, 0.29) is 18.4 Å². The van der Waals surface area contributed by atoms with Crippen LogP contribution in [0.5, 0.6) is 11.5 Å². The van der Waals surface area contributed by atoms with Gasteiger partial charge >= 0.3 is 0 Å². The molecule has 1 aromatic carbocycles. The summed E-state index contributed by atoms with van der Waals surface area (Å²) in [5, 5.41) is 5.64. The molecule has 0 radical (unpaired) electrons. The summed E-state index contributed by atoms with van der Waals surface area (Å²) in [6, 6.07) is 4.56. The largest absolute Gasteiger partial charge is 0.493 e. The van der Waals surface area contributed by atoms with Gasteiger partial charge in [-0.25, -0.2) is 0 Å². The molecule has 1 saturated heterocycles. The number of carbonyl (C=O) groups is 2. The molecule has 1 aromatic heterocycles. The number of hydrogen-bond acceptors (Lipinski definition) is 7. The molecule has 2 amide bonds. The van der Waals surface area contributed by atoms with Gasteiger partial charge in [-0.3, -0.25) is 19.6 Å². The fraction of sp³-hybridized carbons (Fsp3) is 0.368. The van der Waals surface area contributed by atoms with Gasteiger partial charge in [-0.1, -0.05) is 6.07 Å². The number of methoxy groups -OCH3 is 2. The highest BCUT2D eigenvalue weighted by molar-refractivity contribution is 5.86. The number of benzene rings is 1. The van der Waals surface area contributed by atoms with Crippen LogP contribution < -0.4 is 20.1 Å². The molecule has 2 atom stereocenters. The molecule has 1 aliphatic rings. The third-order valence-corrected chi connectivity index (χ3v) is 4.34. The number of carbonyl (C=O) groups excluding carboxylic acids is 2. The molecule has 28 heavy (non-hydrogen) atoms. The molecule has 0 aliphatic carbocycles. The highest BCUT2D eigenvalue weighted by atomic mass is 16.5. The molecule has 2 aromatic rings. The van der Waals surface area contributed by atoms with Gasteiger partial charge < -0.3 is 24.8 Å². The van der Waals surface area contributed by atoms with Crippen LogP contribution in [0.2, 0.25) is 0 Å². The van der Waals surface area contributed by atoms with Gasteiger partial charge in [-0.05, 0) is 17.7 Å². The Bertz CT molecular complexity index is 830. The topological polar surface area (TPSA) is 112 Å². The van der Waals surface area contributed by atoms with Gasteiger partial charge in [-0.15, -0.1) is 0 Å². The van der Waals surface area contributed by atoms with Gasteiger partial charge in [-0.2, -0.15) is 0 Å². The van der Waals surface area contributed by atoms with Gasteiger partial charge in [0.1, 0.15) is 6.61 Å². The first-order chi connectivity index (χ1) is 13.6. The number of amides is 2. The van der Waals surface area contributed by atoms with Gasteiger partial charge in [0.05, 0.1) is 26.0 Å². The minimum atomic E-state index is -0.863. The number of hydrogen-bond donors (Lipinski definition) is 2. The summed E-state index contributed by atoms with van der Waals surface area (Å²) in [5.74, 6) is 0.452. The van der Waals surface area contributed by atoms with E-state index in [1.54, 1.807) is 36.8 Å². The number of rotatable bonds is 7. The van der Waals surface area contributed by atoms with Crippen molar-refractivity contribution in [1.29, 1.82) is 0 Å². The minimum Gasteiger partial charge on any atom is -0.493 e. The third kappa shape index (κ3) is 4.55. The molecule has 0 saturated carbocycles. The van der Waals surface area contributed by atoms with Crippen molar-refractivity contribution in [3.8, 4) is 11.5 Å². The van der Waals surface area contributed by atoms with E-state index in [4.69, 9.17) is 14.2 Å². The molecule has 2 N–H and O–H groups in total. The van der Waals surface area contributed by atoms with E-state index < -0.39 is 12.1 Å². The van der Waals surface area contributed by atoms with E-state index in [1.807, 2.05) is 0 Å². The Morgan fingerprint density at radius 3 is 2.82 bits per heavy atom. The second-order valence-corrected chi connectivity index (χ2v) is 6.13. The quantitative estimate of drug-likeness (QED) is 0.709. The second-order valence-electron chi connectivity index (χ2n) is 6.13. The standard InChI is InChI=1S/C19H22N4O5/c1-26-14-4-3-12(9-15(14)27-2)17-18(28-11-16(24)23-17)19(25)22-6-5-13-10-20-7-8-21-13/h3-4,7-10,17-18H,5-6,11H2,1-2H3,(H,22,25)(H,23,24)/t17-,18+/m1/s1. The smallest absolute Gasteiger partial charge is 0.251 e. The van der Waals surface area contributed by atoms with Crippen LogP contribution in [0.4, 0.5) is 0 Å². The molecule has 3 rings (SSSR count). The van der Waals surface area contributed by atoms with Crippen molar-refractivity contribution < 1.29 is 23.8 Å². The Balaban J connectivity index is 1.71. The van der Waals surface area contributed by atoms with Crippen LogP contribution >= 0.6 is 0 Å². The highest BCUT2D eigenvalue weighted by Gasteiger charge is 2.36. The average molecular weight is 386 g/mol. The van der Waals surface area contributed by atoms with Crippen molar-refractivity contribution in [3.63, 3.8) is 0 Å². The van der Waals surface area contributed by atoms with Crippen molar-refractivity contribution in [2.45, 2.75) is 18.6 Å². The molecule has 0 spiro atoms. The normalized spacial score (nSPS) is 18.9. The maximum absolute atomic E-state index is 12.7. The number of nitrogens with one attached hydrogen (secondary N) is 2. The zero-order valence-electron chi connectivity index (χ0n) is 15.7. The van der Waals surface area contributed by atoms with Crippen LogP contribution in [0.3, 0.4) is 0 Å². The summed E-state index contributed by atoms with van der Waals surface area (Å²) in [6.45, 7) is 0.204. The molecule has 9 nitrogen and oxygen atoms in total. The molecular weight excluding hydrogens is 364 g/mol. The molecule has 2 heterocycles. The summed E-state index contributed by atoms with van der Waals surface area (Å²) < 4.78 is 16.1. The minimum absolute atomic E-state index is 0.175. The van der Waals surface area contributed by atoms with Gasteiger partial charge in [0, 0.05) is 31.6 Å². The Labute approximate surface area is 162 Å². The summed E-state index contributed by atoms with van der Waals surface area (Å²) >= 11 is 0. The Morgan fingerprint density at radius 2 is 2.11 bits per heavy atom. The Morgan fingerprint density at radius 1 is 1.29 bits per heavy atom. The lowest BCUT2D eigenvalue weighted by molar-refractivity contribution is -0.148. The molecular formula is C19H22N4O5. The average Bonchev–Trinajstić information content (AvgIpc) is 2.73. The van der Waals surface area contributed by atoms with E-state index >= 15 is 0 Å². The molecule has 148 valence electrons. The Hall–Kier alpha value is -3.20. The van der Waals surface area contributed by atoms with Crippen molar-refractivity contribution in [1.82, 2.24) is 20.6 Å². The van der Waals surface area contributed by atoms with Crippen molar-refractivity contribution in [2.75, 3.05) is 27.4 Å². The van der Waals surface area contributed by atoms with Crippen molar-refractivity contribution in [3.05, 3.63) is 48.0 Å². The van der Waals surface area contributed by atoms with E-state index in [0.29, 0.717) is 30.0 Å². The van der Waals surface area contributed by atoms with Crippen LogP contribution in [0.25, 0.3) is 0 Å². The fourth-order valence-electron chi connectivity index (χ4n) is 2.96. The van der Waals surface area contributed by atoms with E-state index in [0.717, 1.165) is 5.69 Å². The van der Waals surface area contributed by atoms with Crippen LogP contribution in [0.15, 0.2) is 36.8 Å². The first-order valence-corrected chi connectivity index (χ1v) is 8.78. The molecule has 0 bridgehead atoms. The first-order valence-electron chi connectivity index (χ1n) is 8.78. The highest BCUT2D eigenvalue weighted by Crippen LogP contribution is 2.32. The maximum Gasteiger partial charge on any atom is 0.251 e. The van der Waals surface area contributed by atoms with Crippen LogP contribution in [0.1, 0.15) is 17.3 Å². The summed E-state index contributed by atoms with van der Waals surface area (Å²) in [7, 11) is 3.06. The lowest BCUT2D eigenvalue weighted by atomic mass is 9.98. The van der Waals surface area contributed by atoms with Crippen molar-refractivity contribution >= 4 is 11.8 Å². The SMILES string of the molecule is COc1ccc([C@H]2NC(=O)CO[C@@H]2C(=O)NCCc2cnccn2)cc1OC. The predicted octanol–water partition coefficient (Wildman–Crippen LogP) is 0.409. The molecule has 0 unspecified atom stereocenters. The monoisotopic (exact) mass is 386 g/mol. The number of ether oxygens (including phenoxy) is 3. The fourth-order valence-corrected chi connectivity index (χ4v) is 2.96. The lowest BCUT2D eigenvalue weighted by Gasteiger charge is -2.32. The number of morpholine rings is 1. The number of aromatic nitrogens is 2. The van der Waals surface area contributed by atoms with Crippen LogP contribution in [-0.2, 0) is 20.7 Å². The van der Waals surface area contributed by atoms with E-state index in [9.17, 15) is 9.59 Å². The first kappa shape index (κ1) is 19.6. The molecule has 9 heteroatoms. The summed E-state index contributed by atoms with van der Waals surface area (Å²) in [5.41, 5.74) is 1.46. The van der Waals surface area contributed by atoms with Gasteiger partial charge in [0.25, 0.3) is 5.91 Å². The summed E-state index contributed by atoms with van der Waals surface area (Å²) in [6.07, 6.45) is 4.52. The zero-order valence-corrected chi connectivity index (χ0v) is 15.7. The number of nitrogens with zero attached hydrogens (tertiary/aromatic N) is 2. The van der Waals surface area contributed by atoms with Gasteiger partial charge in [0.2, 0.25) is 5.91 Å². The molecule has 1 fully saturated rings. The second kappa shape index (κ2) is 9.14. The predicted molar refractivity (Wildman–Crippen MR) is 98.9 cm³/mol. The maximum atomic E-state index is 12.7. The van der Waals surface area contributed by atoms with Crippen LogP contribution in [-0.4, -0.2) is 55.3 Å². The summed E-state index contributed by atoms with van der Waals surface area (Å²) in [4.78, 5) is 32.7. The third-order valence-electron chi connectivity index (χ3n) is 4.34. The van der Waals surface area contributed by atoms with Crippen LogP contribution in [0, 0.1) is 0 Å². The zero-order chi connectivity index (χ0) is 19.9. The molecule has 1 aliphatic heterocycles. The Kier molecular flexibility index (Phi) is 6.38. The van der Waals surface area contributed by atoms with Gasteiger partial charge in [0.15, 0.2) is 17.6 Å².